The summed E-state index contributed by atoms with van der Waals surface area (Å²) in [5.74, 6) is -0.379. The van der Waals surface area contributed by atoms with Crippen molar-refractivity contribution in [3.63, 3.8) is 0 Å². The maximum atomic E-state index is 14.5. The van der Waals surface area contributed by atoms with E-state index in [0.717, 1.165) is 15.6 Å². The molecule has 0 radical (unpaired) electrons. The second-order valence-corrected chi connectivity index (χ2v) is 11.0. The molecule has 35 heavy (non-hydrogen) atoms. The zero-order chi connectivity index (χ0) is 24.8. The van der Waals surface area contributed by atoms with Crippen LogP contribution in [0.1, 0.15) is 54.2 Å². The quantitative estimate of drug-likeness (QED) is 0.428. The molecule has 0 aromatic heterocycles. The first-order valence-corrected chi connectivity index (χ1v) is 12.6. The van der Waals surface area contributed by atoms with Gasteiger partial charge in [0, 0.05) is 16.4 Å². The highest BCUT2D eigenvalue weighted by Gasteiger charge is 2.65. The molecular formula is C29H28BrNO4. The minimum Gasteiger partial charge on any atom is -0.492 e. The third-order valence-electron chi connectivity index (χ3n) is 6.80. The fourth-order valence-electron chi connectivity index (χ4n) is 5.43. The Kier molecular flexibility index (Phi) is 6.06. The van der Waals surface area contributed by atoms with E-state index in [1.807, 2.05) is 93.6 Å². The van der Waals surface area contributed by atoms with E-state index in [9.17, 15) is 9.59 Å². The van der Waals surface area contributed by atoms with Gasteiger partial charge in [-0.3, -0.25) is 14.9 Å². The maximum Gasteiger partial charge on any atom is 0.324 e. The minimum absolute atomic E-state index is 0.0347. The number of para-hydroxylation sites is 1. The van der Waals surface area contributed by atoms with Crippen LogP contribution in [0.25, 0.3) is 0 Å². The normalized spacial score (nSPS) is 25.7. The highest BCUT2D eigenvalue weighted by Crippen LogP contribution is 2.58. The first kappa shape index (κ1) is 23.8. The second-order valence-electron chi connectivity index (χ2n) is 10.2. The van der Waals surface area contributed by atoms with E-state index >= 15 is 0 Å². The van der Waals surface area contributed by atoms with Gasteiger partial charge in [0.1, 0.15) is 24.0 Å². The first-order valence-electron chi connectivity index (χ1n) is 11.8. The summed E-state index contributed by atoms with van der Waals surface area (Å²) in [6, 6.07) is 23.7. The molecule has 0 unspecified atom stereocenters. The molecular weight excluding hydrogens is 506 g/mol. The standard InChI is InChI=1S/C29H28BrNO4/c1-28(2,3)35-27(33)24-23(19-13-7-9-15-21(19)30)29(25(31-24)18-11-5-4-6-12-18)17-34-22-16-10-8-14-20(22)26(29)32/h4-16,23-25,31H,17H2,1-3H3/t23-,24+,25+,29+/m1/s1. The summed E-state index contributed by atoms with van der Waals surface area (Å²) in [5.41, 5.74) is 0.580. The van der Waals surface area contributed by atoms with Gasteiger partial charge < -0.3 is 9.47 Å². The molecule has 2 aliphatic rings. The summed E-state index contributed by atoms with van der Waals surface area (Å²) in [6.45, 7) is 5.69. The molecule has 0 aliphatic carbocycles. The molecule has 5 nitrogen and oxygen atoms in total. The van der Waals surface area contributed by atoms with E-state index < -0.39 is 29.0 Å². The smallest absolute Gasteiger partial charge is 0.324 e. The average Bonchev–Trinajstić information content (AvgIpc) is 3.17. The van der Waals surface area contributed by atoms with Crippen molar-refractivity contribution in [2.45, 2.75) is 44.4 Å². The molecule has 4 atom stereocenters. The Morgan fingerprint density at radius 2 is 1.66 bits per heavy atom. The molecule has 0 amide bonds. The van der Waals surface area contributed by atoms with Crippen molar-refractivity contribution in [2.24, 2.45) is 5.41 Å². The molecule has 3 aromatic carbocycles. The van der Waals surface area contributed by atoms with Crippen LogP contribution in [0.4, 0.5) is 0 Å². The topological polar surface area (TPSA) is 64.6 Å². The van der Waals surface area contributed by atoms with Crippen LogP contribution in [-0.4, -0.2) is 30.0 Å². The van der Waals surface area contributed by atoms with Gasteiger partial charge in [-0.15, -0.1) is 0 Å². The Morgan fingerprint density at radius 1 is 1.00 bits per heavy atom. The van der Waals surface area contributed by atoms with Crippen LogP contribution in [0.15, 0.2) is 83.3 Å². The number of carbonyl (C=O) groups is 2. The van der Waals surface area contributed by atoms with Gasteiger partial charge in [-0.1, -0.05) is 76.6 Å². The van der Waals surface area contributed by atoms with Gasteiger partial charge in [0.25, 0.3) is 0 Å². The van der Waals surface area contributed by atoms with Gasteiger partial charge in [0.05, 0.1) is 11.0 Å². The van der Waals surface area contributed by atoms with E-state index in [-0.39, 0.29) is 18.4 Å². The van der Waals surface area contributed by atoms with Crippen LogP contribution < -0.4 is 10.1 Å². The number of hydrogen-bond acceptors (Lipinski definition) is 5. The van der Waals surface area contributed by atoms with Gasteiger partial charge in [-0.25, -0.2) is 0 Å². The van der Waals surface area contributed by atoms with Crippen molar-refractivity contribution in [1.29, 1.82) is 0 Å². The first-order chi connectivity index (χ1) is 16.7. The molecule has 2 aliphatic heterocycles. The summed E-state index contributed by atoms with van der Waals surface area (Å²) in [6.07, 6.45) is 0. The Balaban J connectivity index is 1.75. The molecule has 180 valence electrons. The number of benzene rings is 3. The van der Waals surface area contributed by atoms with Crippen LogP contribution in [0, 0.1) is 5.41 Å². The Hall–Kier alpha value is -2.96. The van der Waals surface area contributed by atoms with Crippen molar-refractivity contribution in [1.82, 2.24) is 5.32 Å². The van der Waals surface area contributed by atoms with Crippen LogP contribution in [-0.2, 0) is 9.53 Å². The number of nitrogens with one attached hydrogen (secondary N) is 1. The van der Waals surface area contributed by atoms with Crippen LogP contribution in [0.3, 0.4) is 0 Å². The summed E-state index contributed by atoms with van der Waals surface area (Å²) < 4.78 is 13.0. The minimum atomic E-state index is -1.07. The highest BCUT2D eigenvalue weighted by molar-refractivity contribution is 9.10. The number of carbonyl (C=O) groups excluding carboxylic acids is 2. The summed E-state index contributed by atoms with van der Waals surface area (Å²) in [7, 11) is 0. The maximum absolute atomic E-state index is 14.5. The lowest BCUT2D eigenvalue weighted by Crippen LogP contribution is -2.48. The molecule has 1 spiro atoms. The molecule has 1 saturated heterocycles. The van der Waals surface area contributed by atoms with Gasteiger partial charge in [0.2, 0.25) is 0 Å². The lowest BCUT2D eigenvalue weighted by atomic mass is 9.62. The lowest BCUT2D eigenvalue weighted by Gasteiger charge is -2.42. The van der Waals surface area contributed by atoms with Crippen LogP contribution >= 0.6 is 15.9 Å². The zero-order valence-electron chi connectivity index (χ0n) is 20.0. The number of rotatable bonds is 3. The molecule has 1 N–H and O–H groups in total. The van der Waals surface area contributed by atoms with Crippen molar-refractivity contribution in [2.75, 3.05) is 6.61 Å². The van der Waals surface area contributed by atoms with E-state index in [4.69, 9.17) is 9.47 Å². The number of hydrogen-bond donors (Lipinski definition) is 1. The summed E-state index contributed by atoms with van der Waals surface area (Å²) >= 11 is 3.69. The monoisotopic (exact) mass is 533 g/mol. The van der Waals surface area contributed by atoms with Crippen LogP contribution in [0.2, 0.25) is 0 Å². The van der Waals surface area contributed by atoms with Gasteiger partial charge in [0.15, 0.2) is 5.78 Å². The SMILES string of the molecule is CC(C)(C)OC(=O)[C@H]1N[C@@H](c2ccccc2)[C@]2(COc3ccccc3C2=O)[C@@H]1c1ccccc1Br. The molecule has 6 heteroatoms. The lowest BCUT2D eigenvalue weighted by molar-refractivity contribution is -0.157. The van der Waals surface area contributed by atoms with E-state index in [2.05, 4.69) is 21.2 Å². The second kappa shape index (κ2) is 8.92. The Labute approximate surface area is 214 Å². The Bertz CT molecular complexity index is 1270. The highest BCUT2D eigenvalue weighted by atomic mass is 79.9. The van der Waals surface area contributed by atoms with Crippen molar-refractivity contribution >= 4 is 27.7 Å². The van der Waals surface area contributed by atoms with Crippen molar-refractivity contribution < 1.29 is 19.1 Å². The Morgan fingerprint density at radius 3 is 2.37 bits per heavy atom. The molecule has 0 bridgehead atoms. The number of esters is 1. The largest absolute Gasteiger partial charge is 0.492 e. The van der Waals surface area contributed by atoms with Crippen molar-refractivity contribution in [3.8, 4) is 5.75 Å². The number of fused-ring (bicyclic) bond motifs is 1. The van der Waals surface area contributed by atoms with E-state index in [1.165, 1.54) is 0 Å². The zero-order valence-corrected chi connectivity index (χ0v) is 21.5. The van der Waals surface area contributed by atoms with E-state index in [1.54, 1.807) is 6.07 Å². The predicted molar refractivity (Wildman–Crippen MR) is 138 cm³/mol. The number of ether oxygens (including phenoxy) is 2. The fourth-order valence-corrected chi connectivity index (χ4v) is 5.96. The third kappa shape index (κ3) is 4.09. The number of halogens is 1. The average molecular weight is 534 g/mol. The predicted octanol–water partition coefficient (Wildman–Crippen LogP) is 5.85. The van der Waals surface area contributed by atoms with Crippen molar-refractivity contribution in [3.05, 3.63) is 100 Å². The van der Waals surface area contributed by atoms with E-state index in [0.29, 0.717) is 11.3 Å². The number of Topliss-reactive ketones (excluding diaryl/α,β-unsaturated/α-hetero) is 1. The fraction of sp³-hybridized carbons (Fsp3) is 0.310. The number of ketones is 1. The third-order valence-corrected chi connectivity index (χ3v) is 7.53. The van der Waals surface area contributed by atoms with Gasteiger partial charge in [-0.2, -0.15) is 0 Å². The van der Waals surface area contributed by atoms with Crippen LogP contribution in [0.5, 0.6) is 5.75 Å². The summed E-state index contributed by atoms with van der Waals surface area (Å²) in [4.78, 5) is 28.1. The molecule has 2 heterocycles. The van der Waals surface area contributed by atoms with Gasteiger partial charge >= 0.3 is 5.97 Å². The summed E-state index contributed by atoms with van der Waals surface area (Å²) in [5, 5.41) is 3.53. The molecule has 1 fully saturated rings. The molecule has 0 saturated carbocycles. The molecule has 5 rings (SSSR count). The van der Waals surface area contributed by atoms with Gasteiger partial charge in [-0.05, 0) is 50.1 Å². The molecule has 3 aromatic rings.